The Morgan fingerprint density at radius 1 is 1.19 bits per heavy atom. The molecule has 1 aromatic carbocycles. The molecular formula is C17H25NO3. The van der Waals surface area contributed by atoms with Gasteiger partial charge in [-0.05, 0) is 32.8 Å². The highest BCUT2D eigenvalue weighted by molar-refractivity contribution is 5.97. The van der Waals surface area contributed by atoms with Crippen LogP contribution in [0.2, 0.25) is 0 Å². The summed E-state index contributed by atoms with van der Waals surface area (Å²) < 4.78 is 4.80. The van der Waals surface area contributed by atoms with Crippen molar-refractivity contribution < 1.29 is 14.3 Å². The van der Waals surface area contributed by atoms with Crippen molar-refractivity contribution in [3.05, 3.63) is 35.4 Å². The third kappa shape index (κ3) is 5.31. The van der Waals surface area contributed by atoms with Crippen molar-refractivity contribution in [2.45, 2.75) is 45.6 Å². The minimum atomic E-state index is -0.271. The first-order chi connectivity index (χ1) is 9.78. The third-order valence-corrected chi connectivity index (χ3v) is 3.31. The van der Waals surface area contributed by atoms with E-state index < -0.39 is 0 Å². The molecule has 0 amide bonds. The second-order valence-corrected chi connectivity index (χ2v) is 6.13. The van der Waals surface area contributed by atoms with Crippen molar-refractivity contribution in [2.24, 2.45) is 0 Å². The van der Waals surface area contributed by atoms with Crippen molar-refractivity contribution in [3.8, 4) is 0 Å². The summed E-state index contributed by atoms with van der Waals surface area (Å²) in [7, 11) is 1.39. The lowest BCUT2D eigenvalue weighted by atomic mass is 9.95. The molecule has 4 heteroatoms. The van der Waals surface area contributed by atoms with E-state index in [1.165, 1.54) is 7.11 Å². The fourth-order valence-electron chi connectivity index (χ4n) is 2.03. The molecule has 1 rings (SSSR count). The Kier molecular flexibility index (Phi) is 6.09. The van der Waals surface area contributed by atoms with Gasteiger partial charge in [0.25, 0.3) is 0 Å². The lowest BCUT2D eigenvalue weighted by Crippen LogP contribution is -2.39. The Hall–Kier alpha value is -1.68. The van der Waals surface area contributed by atoms with Crippen molar-refractivity contribution in [1.82, 2.24) is 5.32 Å². The summed E-state index contributed by atoms with van der Waals surface area (Å²) in [6.45, 7) is 8.30. The summed E-state index contributed by atoms with van der Waals surface area (Å²) in [5, 5.41) is 3.17. The van der Waals surface area contributed by atoms with Gasteiger partial charge in [0.15, 0.2) is 5.78 Å². The van der Waals surface area contributed by atoms with Crippen LogP contribution in [-0.4, -0.2) is 30.9 Å². The van der Waals surface area contributed by atoms with Gasteiger partial charge in [-0.3, -0.25) is 9.59 Å². The van der Waals surface area contributed by atoms with Gasteiger partial charge in [0.05, 0.1) is 19.6 Å². The second-order valence-electron chi connectivity index (χ2n) is 6.13. The number of hydrogen-bond donors (Lipinski definition) is 1. The van der Waals surface area contributed by atoms with Gasteiger partial charge >= 0.3 is 5.97 Å². The molecule has 21 heavy (non-hydrogen) atoms. The molecule has 1 unspecified atom stereocenters. The minimum Gasteiger partial charge on any atom is -0.469 e. The molecule has 0 aliphatic rings. The second kappa shape index (κ2) is 7.36. The molecule has 0 spiro atoms. The van der Waals surface area contributed by atoms with Crippen LogP contribution in [-0.2, 0) is 9.53 Å². The topological polar surface area (TPSA) is 55.4 Å². The van der Waals surface area contributed by atoms with Crippen LogP contribution in [0.15, 0.2) is 24.3 Å². The molecule has 1 N–H and O–H groups in total. The number of Topliss-reactive ketones (excluding diaryl/α,β-unsaturated/α-hetero) is 1. The van der Waals surface area contributed by atoms with Gasteiger partial charge in [0.2, 0.25) is 0 Å². The van der Waals surface area contributed by atoms with Crippen LogP contribution in [0.4, 0.5) is 0 Å². The van der Waals surface area contributed by atoms with E-state index >= 15 is 0 Å². The van der Waals surface area contributed by atoms with E-state index in [0.29, 0.717) is 18.5 Å². The number of rotatable bonds is 6. The van der Waals surface area contributed by atoms with Gasteiger partial charge in [-0.15, -0.1) is 0 Å². The smallest absolute Gasteiger partial charge is 0.313 e. The predicted molar refractivity (Wildman–Crippen MR) is 83.6 cm³/mol. The van der Waals surface area contributed by atoms with Gasteiger partial charge in [-0.25, -0.2) is 0 Å². The zero-order chi connectivity index (χ0) is 16.0. The molecule has 0 heterocycles. The number of carbonyl (C=O) groups excluding carboxylic acids is 2. The fraction of sp³-hybridized carbons (Fsp3) is 0.529. The number of ether oxygens (including phenoxy) is 1. The van der Waals surface area contributed by atoms with Crippen LogP contribution in [0.3, 0.4) is 0 Å². The molecule has 0 saturated heterocycles. The van der Waals surface area contributed by atoms with E-state index in [4.69, 9.17) is 4.74 Å². The summed E-state index contributed by atoms with van der Waals surface area (Å²) in [4.78, 5) is 23.8. The zero-order valence-electron chi connectivity index (χ0n) is 13.5. The molecule has 0 fully saturated rings. The zero-order valence-corrected chi connectivity index (χ0v) is 13.5. The third-order valence-electron chi connectivity index (χ3n) is 3.31. The van der Waals surface area contributed by atoms with E-state index in [1.807, 2.05) is 39.8 Å². The first kappa shape index (κ1) is 17.4. The molecule has 0 aromatic heterocycles. The predicted octanol–water partition coefficient (Wildman–Crippen LogP) is 2.92. The van der Waals surface area contributed by atoms with E-state index in [0.717, 1.165) is 5.56 Å². The molecule has 0 bridgehead atoms. The van der Waals surface area contributed by atoms with Gasteiger partial charge < -0.3 is 10.1 Å². The van der Waals surface area contributed by atoms with Crippen molar-refractivity contribution in [3.63, 3.8) is 0 Å². The Balaban J connectivity index is 2.77. The number of hydrogen-bond acceptors (Lipinski definition) is 4. The summed E-state index contributed by atoms with van der Waals surface area (Å²) in [6.07, 6.45) is 0.672. The van der Waals surface area contributed by atoms with Crippen LogP contribution >= 0.6 is 0 Å². The van der Waals surface area contributed by atoms with E-state index in [2.05, 4.69) is 5.32 Å². The van der Waals surface area contributed by atoms with Gasteiger partial charge in [0, 0.05) is 11.1 Å². The Bertz CT molecular complexity index is 486. The van der Waals surface area contributed by atoms with Crippen molar-refractivity contribution in [2.75, 3.05) is 13.7 Å². The van der Waals surface area contributed by atoms with Crippen molar-refractivity contribution >= 4 is 11.8 Å². The number of nitrogens with one attached hydrogen (secondary N) is 1. The normalized spacial score (nSPS) is 12.8. The molecule has 1 aromatic rings. The molecule has 4 nitrogen and oxygen atoms in total. The number of methoxy groups -OCH3 is 1. The number of benzene rings is 1. The summed E-state index contributed by atoms with van der Waals surface area (Å²) in [6, 6.07) is 7.20. The minimum absolute atomic E-state index is 0.0441. The lowest BCUT2D eigenvalue weighted by Gasteiger charge is -2.20. The number of carbonyl (C=O) groups is 2. The fourth-order valence-corrected chi connectivity index (χ4v) is 2.03. The van der Waals surface area contributed by atoms with Crippen LogP contribution in [0.25, 0.3) is 0 Å². The molecule has 0 saturated carbocycles. The van der Waals surface area contributed by atoms with E-state index in [9.17, 15) is 9.59 Å². The molecule has 116 valence electrons. The SMILES string of the molecule is CCC(C(=O)OC)c1ccc(C(=O)CNC(C)(C)C)cc1. The van der Waals surface area contributed by atoms with Crippen molar-refractivity contribution in [1.29, 1.82) is 0 Å². The highest BCUT2D eigenvalue weighted by Crippen LogP contribution is 2.21. The van der Waals surface area contributed by atoms with Gasteiger partial charge in [0.1, 0.15) is 0 Å². The highest BCUT2D eigenvalue weighted by atomic mass is 16.5. The summed E-state index contributed by atoms with van der Waals surface area (Å²) in [5.41, 5.74) is 1.44. The average molecular weight is 291 g/mol. The standard InChI is InChI=1S/C17H25NO3/c1-6-14(16(20)21-5)12-7-9-13(10-8-12)15(19)11-18-17(2,3)4/h7-10,14,18H,6,11H2,1-5H3. The Labute approximate surface area is 126 Å². The maximum absolute atomic E-state index is 12.1. The summed E-state index contributed by atoms with van der Waals surface area (Å²) >= 11 is 0. The molecular weight excluding hydrogens is 266 g/mol. The highest BCUT2D eigenvalue weighted by Gasteiger charge is 2.19. The molecule has 0 aliphatic carbocycles. The molecule has 0 aliphatic heterocycles. The maximum Gasteiger partial charge on any atom is 0.313 e. The number of ketones is 1. The van der Waals surface area contributed by atoms with Crippen LogP contribution in [0.1, 0.15) is 56.0 Å². The van der Waals surface area contributed by atoms with E-state index in [1.54, 1.807) is 12.1 Å². The maximum atomic E-state index is 12.1. The quantitative estimate of drug-likeness (QED) is 0.647. The largest absolute Gasteiger partial charge is 0.469 e. The van der Waals surface area contributed by atoms with Crippen LogP contribution < -0.4 is 5.32 Å². The van der Waals surface area contributed by atoms with Gasteiger partial charge in [-0.1, -0.05) is 31.2 Å². The van der Waals surface area contributed by atoms with Gasteiger partial charge in [-0.2, -0.15) is 0 Å². The Morgan fingerprint density at radius 3 is 2.19 bits per heavy atom. The molecule has 1 atom stereocenters. The lowest BCUT2D eigenvalue weighted by molar-refractivity contribution is -0.142. The number of esters is 1. The first-order valence-electron chi connectivity index (χ1n) is 7.24. The summed E-state index contributed by atoms with van der Waals surface area (Å²) in [5.74, 6) is -0.472. The average Bonchev–Trinajstić information content (AvgIpc) is 2.45. The Morgan fingerprint density at radius 2 is 1.76 bits per heavy atom. The first-order valence-corrected chi connectivity index (χ1v) is 7.24. The van der Waals surface area contributed by atoms with Crippen LogP contribution in [0.5, 0.6) is 0 Å². The monoisotopic (exact) mass is 291 g/mol. The molecule has 0 radical (unpaired) electrons. The van der Waals surface area contributed by atoms with E-state index in [-0.39, 0.29) is 23.2 Å². The van der Waals surface area contributed by atoms with Crippen LogP contribution in [0, 0.1) is 0 Å².